The molecular weight excluding hydrogens is 152 g/mol. The van der Waals surface area contributed by atoms with Gasteiger partial charge in [-0.3, -0.25) is 0 Å². The van der Waals surface area contributed by atoms with E-state index in [9.17, 15) is 0 Å². The molecule has 0 heterocycles. The summed E-state index contributed by atoms with van der Waals surface area (Å²) in [5.41, 5.74) is 0. The average molecular weight is 174 g/mol. The van der Waals surface area contributed by atoms with Crippen molar-refractivity contribution in [3.05, 3.63) is 0 Å². The Bertz CT molecular complexity index is 73.9. The highest BCUT2D eigenvalue weighted by Crippen LogP contribution is 1.97. The highest BCUT2D eigenvalue weighted by atomic mass is 16.5. The molecule has 0 saturated heterocycles. The summed E-state index contributed by atoms with van der Waals surface area (Å²) in [5, 5.41) is 0. The van der Waals surface area contributed by atoms with Gasteiger partial charge < -0.3 is 9.47 Å². The fraction of sp³-hybridized carbons (Fsp3) is 1.00. The van der Waals surface area contributed by atoms with Gasteiger partial charge in [-0.15, -0.1) is 0 Å². The largest absolute Gasteiger partial charge is 0.381 e. The van der Waals surface area contributed by atoms with Crippen molar-refractivity contribution in [2.45, 2.75) is 33.6 Å². The van der Waals surface area contributed by atoms with E-state index >= 15 is 0 Å². The minimum absolute atomic E-state index is 0.531. The van der Waals surface area contributed by atoms with E-state index in [0.29, 0.717) is 5.92 Å². The van der Waals surface area contributed by atoms with Crippen LogP contribution in [-0.2, 0) is 9.47 Å². The fourth-order valence-corrected chi connectivity index (χ4v) is 0.906. The van der Waals surface area contributed by atoms with Gasteiger partial charge in [0.15, 0.2) is 0 Å². The highest BCUT2D eigenvalue weighted by Gasteiger charge is 2.00. The average Bonchev–Trinajstić information content (AvgIpc) is 2.06. The topological polar surface area (TPSA) is 18.5 Å². The summed E-state index contributed by atoms with van der Waals surface area (Å²) in [7, 11) is 0. The summed E-state index contributed by atoms with van der Waals surface area (Å²) in [6.07, 6.45) is 2.20. The normalized spacial score (nSPS) is 11.0. The van der Waals surface area contributed by atoms with Crippen LogP contribution in [0.25, 0.3) is 0 Å². The molecule has 0 fully saturated rings. The van der Waals surface area contributed by atoms with Crippen molar-refractivity contribution in [3.8, 4) is 0 Å². The van der Waals surface area contributed by atoms with E-state index in [0.717, 1.165) is 39.3 Å². The molecule has 0 aromatic rings. The van der Waals surface area contributed by atoms with Crippen molar-refractivity contribution in [1.29, 1.82) is 0 Å². The monoisotopic (exact) mass is 174 g/mol. The van der Waals surface area contributed by atoms with E-state index in [1.54, 1.807) is 0 Å². The second-order valence-electron chi connectivity index (χ2n) is 3.26. The Morgan fingerprint density at radius 2 is 1.33 bits per heavy atom. The fourth-order valence-electron chi connectivity index (χ4n) is 0.906. The van der Waals surface area contributed by atoms with Gasteiger partial charge in [0.1, 0.15) is 0 Å². The smallest absolute Gasteiger partial charge is 0.0513 e. The Hall–Kier alpha value is -0.0800. The van der Waals surface area contributed by atoms with Crippen LogP contribution in [0.15, 0.2) is 0 Å². The van der Waals surface area contributed by atoms with Gasteiger partial charge in [-0.05, 0) is 12.8 Å². The predicted molar refractivity (Wildman–Crippen MR) is 51.4 cm³/mol. The molecule has 0 bridgehead atoms. The molecule has 2 nitrogen and oxygen atoms in total. The quantitative estimate of drug-likeness (QED) is 0.526. The van der Waals surface area contributed by atoms with Gasteiger partial charge in [0.25, 0.3) is 0 Å². The second kappa shape index (κ2) is 9.01. The number of hydrogen-bond donors (Lipinski definition) is 0. The zero-order chi connectivity index (χ0) is 9.23. The summed E-state index contributed by atoms with van der Waals surface area (Å²) in [4.78, 5) is 0. The van der Waals surface area contributed by atoms with Crippen molar-refractivity contribution in [2.75, 3.05) is 26.4 Å². The van der Waals surface area contributed by atoms with Crippen LogP contribution in [0.5, 0.6) is 0 Å². The van der Waals surface area contributed by atoms with E-state index in [2.05, 4.69) is 20.8 Å². The van der Waals surface area contributed by atoms with Crippen LogP contribution in [0.3, 0.4) is 0 Å². The molecule has 0 radical (unpaired) electrons. The molecule has 0 amide bonds. The molecule has 0 aromatic carbocycles. The SMILES string of the molecule is CCCOCC(C)COCCC. The van der Waals surface area contributed by atoms with E-state index in [1.807, 2.05) is 0 Å². The molecule has 0 N–H and O–H groups in total. The molecule has 0 spiro atoms. The van der Waals surface area contributed by atoms with E-state index < -0.39 is 0 Å². The molecule has 0 aliphatic carbocycles. The Kier molecular flexibility index (Phi) is 8.95. The van der Waals surface area contributed by atoms with Gasteiger partial charge in [-0.1, -0.05) is 20.8 Å². The van der Waals surface area contributed by atoms with Crippen LogP contribution in [0.1, 0.15) is 33.6 Å². The summed E-state index contributed by atoms with van der Waals surface area (Å²) in [5.74, 6) is 0.531. The standard InChI is InChI=1S/C10H22O2/c1-4-6-11-8-10(3)9-12-7-5-2/h10H,4-9H2,1-3H3. The first kappa shape index (κ1) is 11.9. The summed E-state index contributed by atoms with van der Waals surface area (Å²) >= 11 is 0. The second-order valence-corrected chi connectivity index (χ2v) is 3.26. The Labute approximate surface area is 76.3 Å². The van der Waals surface area contributed by atoms with Crippen molar-refractivity contribution >= 4 is 0 Å². The lowest BCUT2D eigenvalue weighted by molar-refractivity contribution is 0.0463. The maximum atomic E-state index is 5.40. The molecule has 74 valence electrons. The van der Waals surface area contributed by atoms with Crippen molar-refractivity contribution in [2.24, 2.45) is 5.92 Å². The maximum Gasteiger partial charge on any atom is 0.0513 e. The van der Waals surface area contributed by atoms with E-state index in [1.165, 1.54) is 0 Å². The zero-order valence-corrected chi connectivity index (χ0v) is 8.64. The van der Waals surface area contributed by atoms with Crippen LogP contribution in [0.4, 0.5) is 0 Å². The maximum absolute atomic E-state index is 5.40. The van der Waals surface area contributed by atoms with Crippen LogP contribution in [-0.4, -0.2) is 26.4 Å². The third-order valence-corrected chi connectivity index (χ3v) is 1.50. The molecular formula is C10H22O2. The zero-order valence-electron chi connectivity index (χ0n) is 8.64. The molecule has 0 aliphatic heterocycles. The molecule has 0 atom stereocenters. The van der Waals surface area contributed by atoms with Crippen LogP contribution >= 0.6 is 0 Å². The van der Waals surface area contributed by atoms with Gasteiger partial charge >= 0.3 is 0 Å². The Morgan fingerprint density at radius 3 is 1.67 bits per heavy atom. The van der Waals surface area contributed by atoms with Gasteiger partial charge in [-0.25, -0.2) is 0 Å². The van der Waals surface area contributed by atoms with E-state index in [-0.39, 0.29) is 0 Å². The third kappa shape index (κ3) is 8.02. The van der Waals surface area contributed by atoms with Crippen molar-refractivity contribution in [1.82, 2.24) is 0 Å². The molecule has 2 heteroatoms. The first-order chi connectivity index (χ1) is 5.81. The van der Waals surface area contributed by atoms with Gasteiger partial charge in [0, 0.05) is 19.1 Å². The third-order valence-electron chi connectivity index (χ3n) is 1.50. The Balaban J connectivity index is 3.04. The van der Waals surface area contributed by atoms with Crippen LogP contribution < -0.4 is 0 Å². The lowest BCUT2D eigenvalue weighted by Gasteiger charge is -2.11. The lowest BCUT2D eigenvalue weighted by Crippen LogP contribution is -2.13. The predicted octanol–water partition coefficient (Wildman–Crippen LogP) is 2.48. The first-order valence-corrected chi connectivity index (χ1v) is 4.96. The molecule has 0 rings (SSSR count). The lowest BCUT2D eigenvalue weighted by atomic mass is 10.2. The number of hydrogen-bond acceptors (Lipinski definition) is 2. The Morgan fingerprint density at radius 1 is 0.917 bits per heavy atom. The van der Waals surface area contributed by atoms with Crippen molar-refractivity contribution < 1.29 is 9.47 Å². The molecule has 0 saturated carbocycles. The van der Waals surface area contributed by atoms with E-state index in [4.69, 9.17) is 9.47 Å². The summed E-state index contributed by atoms with van der Waals surface area (Å²) < 4.78 is 10.8. The number of rotatable bonds is 8. The van der Waals surface area contributed by atoms with Crippen LogP contribution in [0.2, 0.25) is 0 Å². The van der Waals surface area contributed by atoms with Gasteiger partial charge in [0.05, 0.1) is 13.2 Å². The molecule has 0 unspecified atom stereocenters. The van der Waals surface area contributed by atoms with Crippen LogP contribution in [0, 0.1) is 5.92 Å². The van der Waals surface area contributed by atoms with Crippen molar-refractivity contribution in [3.63, 3.8) is 0 Å². The minimum Gasteiger partial charge on any atom is -0.381 e. The summed E-state index contributed by atoms with van der Waals surface area (Å²) in [6, 6.07) is 0. The molecule has 0 aromatic heterocycles. The highest BCUT2D eigenvalue weighted by molar-refractivity contribution is 4.48. The molecule has 0 aliphatic rings. The minimum atomic E-state index is 0.531. The first-order valence-electron chi connectivity index (χ1n) is 4.96. The summed E-state index contributed by atoms with van der Waals surface area (Å²) in [6.45, 7) is 9.81. The molecule has 12 heavy (non-hydrogen) atoms. The van der Waals surface area contributed by atoms with Gasteiger partial charge in [-0.2, -0.15) is 0 Å². The number of ether oxygens (including phenoxy) is 2. The van der Waals surface area contributed by atoms with Gasteiger partial charge in [0.2, 0.25) is 0 Å².